The Morgan fingerprint density at radius 1 is 1.00 bits per heavy atom. The van der Waals surface area contributed by atoms with Crippen LogP contribution in [0.4, 0.5) is 0 Å². The van der Waals surface area contributed by atoms with E-state index in [1.807, 2.05) is 0 Å². The van der Waals surface area contributed by atoms with Gasteiger partial charge in [0.25, 0.3) is 0 Å². The zero-order chi connectivity index (χ0) is 15.4. The van der Waals surface area contributed by atoms with Crippen LogP contribution in [0.3, 0.4) is 0 Å². The molecule has 0 unspecified atom stereocenters. The van der Waals surface area contributed by atoms with Crippen molar-refractivity contribution in [2.75, 3.05) is 6.61 Å². The Labute approximate surface area is 128 Å². The van der Waals surface area contributed by atoms with E-state index in [0.29, 0.717) is 5.56 Å². The van der Waals surface area contributed by atoms with Crippen LogP contribution in [-0.2, 0) is 4.74 Å². The molecule has 0 saturated heterocycles. The first-order chi connectivity index (χ1) is 9.97. The van der Waals surface area contributed by atoms with Crippen LogP contribution in [0.1, 0.15) is 20.7 Å². The van der Waals surface area contributed by atoms with Crippen LogP contribution >= 0.6 is 15.9 Å². The van der Waals surface area contributed by atoms with Gasteiger partial charge in [0.05, 0.1) is 5.56 Å². The van der Waals surface area contributed by atoms with Gasteiger partial charge in [-0.3, -0.25) is 4.79 Å². The molecule has 21 heavy (non-hydrogen) atoms. The minimum atomic E-state index is -0.756. The number of esters is 1. The molecule has 0 radical (unpaired) electrons. The molecule has 0 atom stereocenters. The monoisotopic (exact) mass is 350 g/mol. The number of phenols is 2. The summed E-state index contributed by atoms with van der Waals surface area (Å²) in [5, 5.41) is 18.5. The summed E-state index contributed by atoms with van der Waals surface area (Å²) in [6.45, 7) is -0.406. The first-order valence-corrected chi connectivity index (χ1v) is 6.74. The van der Waals surface area contributed by atoms with Gasteiger partial charge in [-0.15, -0.1) is 0 Å². The molecular weight excluding hydrogens is 340 g/mol. The van der Waals surface area contributed by atoms with E-state index in [4.69, 9.17) is 9.84 Å². The lowest BCUT2D eigenvalue weighted by Crippen LogP contribution is -2.14. The number of benzene rings is 2. The minimum absolute atomic E-state index is 0.0485. The summed E-state index contributed by atoms with van der Waals surface area (Å²) in [7, 11) is 0. The minimum Gasteiger partial charge on any atom is -0.504 e. The molecule has 5 nitrogen and oxygen atoms in total. The molecule has 0 amide bonds. The number of ether oxygens (including phenoxy) is 1. The average molecular weight is 351 g/mol. The zero-order valence-corrected chi connectivity index (χ0v) is 12.3. The van der Waals surface area contributed by atoms with Gasteiger partial charge in [-0.1, -0.05) is 28.1 Å². The molecule has 0 aliphatic heterocycles. The van der Waals surface area contributed by atoms with E-state index in [-0.39, 0.29) is 17.1 Å². The van der Waals surface area contributed by atoms with E-state index >= 15 is 0 Å². The molecule has 2 aromatic rings. The second kappa shape index (κ2) is 6.41. The lowest BCUT2D eigenvalue weighted by molar-refractivity contribution is 0.0474. The van der Waals surface area contributed by atoms with Crippen molar-refractivity contribution in [1.29, 1.82) is 0 Å². The third-order valence-electron chi connectivity index (χ3n) is 2.69. The van der Waals surface area contributed by atoms with Gasteiger partial charge in [0.2, 0.25) is 0 Å². The number of rotatable bonds is 4. The van der Waals surface area contributed by atoms with Crippen LogP contribution in [0.25, 0.3) is 0 Å². The highest BCUT2D eigenvalue weighted by atomic mass is 79.9. The van der Waals surface area contributed by atoms with Crippen molar-refractivity contribution in [2.24, 2.45) is 0 Å². The maximum Gasteiger partial charge on any atom is 0.338 e. The van der Waals surface area contributed by atoms with Gasteiger partial charge in [-0.2, -0.15) is 0 Å². The van der Waals surface area contributed by atoms with Gasteiger partial charge in [0.1, 0.15) is 0 Å². The molecule has 0 heterocycles. The van der Waals surface area contributed by atoms with Gasteiger partial charge in [0, 0.05) is 10.0 Å². The zero-order valence-electron chi connectivity index (χ0n) is 10.7. The molecule has 0 aromatic heterocycles. The third-order valence-corrected chi connectivity index (χ3v) is 3.19. The predicted molar refractivity (Wildman–Crippen MR) is 78.5 cm³/mol. The molecule has 0 bridgehead atoms. The summed E-state index contributed by atoms with van der Waals surface area (Å²) in [5.41, 5.74) is 0.470. The van der Waals surface area contributed by atoms with E-state index < -0.39 is 18.3 Å². The number of aromatic hydroxyl groups is 2. The van der Waals surface area contributed by atoms with Crippen LogP contribution in [0.2, 0.25) is 0 Å². The molecule has 2 rings (SSSR count). The van der Waals surface area contributed by atoms with E-state index in [2.05, 4.69) is 15.9 Å². The van der Waals surface area contributed by atoms with Crippen molar-refractivity contribution < 1.29 is 24.5 Å². The number of hydrogen-bond acceptors (Lipinski definition) is 5. The van der Waals surface area contributed by atoms with Crippen LogP contribution < -0.4 is 0 Å². The van der Waals surface area contributed by atoms with Crippen LogP contribution in [0.5, 0.6) is 11.5 Å². The molecular formula is C15H11BrO5. The van der Waals surface area contributed by atoms with Crippen molar-refractivity contribution >= 4 is 27.7 Å². The van der Waals surface area contributed by atoms with E-state index in [1.165, 1.54) is 12.1 Å². The van der Waals surface area contributed by atoms with E-state index in [0.717, 1.165) is 10.5 Å². The van der Waals surface area contributed by atoms with Crippen molar-refractivity contribution in [2.45, 2.75) is 0 Å². The van der Waals surface area contributed by atoms with Gasteiger partial charge < -0.3 is 14.9 Å². The molecule has 2 aromatic carbocycles. The Kier molecular flexibility index (Phi) is 4.59. The maximum absolute atomic E-state index is 11.9. The number of carbonyl (C=O) groups excluding carboxylic acids is 2. The fourth-order valence-corrected chi connectivity index (χ4v) is 2.01. The van der Waals surface area contributed by atoms with Crippen LogP contribution in [-0.4, -0.2) is 28.6 Å². The van der Waals surface area contributed by atoms with Gasteiger partial charge in [0.15, 0.2) is 23.9 Å². The molecule has 0 aliphatic rings. The van der Waals surface area contributed by atoms with E-state index in [9.17, 15) is 14.7 Å². The van der Waals surface area contributed by atoms with Crippen molar-refractivity contribution in [3.05, 3.63) is 58.1 Å². The van der Waals surface area contributed by atoms with Gasteiger partial charge >= 0.3 is 5.97 Å². The highest BCUT2D eigenvalue weighted by molar-refractivity contribution is 9.10. The lowest BCUT2D eigenvalue weighted by atomic mass is 10.1. The maximum atomic E-state index is 11.9. The molecule has 108 valence electrons. The Morgan fingerprint density at radius 3 is 2.43 bits per heavy atom. The smallest absolute Gasteiger partial charge is 0.338 e. The highest BCUT2D eigenvalue weighted by Gasteiger charge is 2.13. The number of ketones is 1. The molecule has 2 N–H and O–H groups in total. The van der Waals surface area contributed by atoms with Crippen molar-refractivity contribution in [3.63, 3.8) is 0 Å². The summed E-state index contributed by atoms with van der Waals surface area (Å²) in [5.74, 6) is -1.86. The summed E-state index contributed by atoms with van der Waals surface area (Å²) in [6, 6.07) is 10.3. The standard InChI is InChI=1S/C15H11BrO5/c16-11-3-1-2-9(6-11)14(19)8-21-15(20)10-4-5-12(17)13(18)7-10/h1-7,17-18H,8H2. The van der Waals surface area contributed by atoms with Crippen LogP contribution in [0.15, 0.2) is 46.9 Å². The number of halogens is 1. The first kappa shape index (κ1) is 15.1. The summed E-state index contributed by atoms with van der Waals surface area (Å²) >= 11 is 3.25. The molecule has 6 heteroatoms. The SMILES string of the molecule is O=C(COC(=O)c1ccc(O)c(O)c1)c1cccc(Br)c1. The largest absolute Gasteiger partial charge is 0.504 e. The molecule has 0 spiro atoms. The molecule has 0 saturated carbocycles. The molecule has 0 aliphatic carbocycles. The second-order valence-corrected chi connectivity index (χ2v) is 5.13. The second-order valence-electron chi connectivity index (χ2n) is 4.21. The number of carbonyl (C=O) groups is 2. The van der Waals surface area contributed by atoms with Gasteiger partial charge in [-0.05, 0) is 30.3 Å². The average Bonchev–Trinajstić information content (AvgIpc) is 2.47. The summed E-state index contributed by atoms with van der Waals surface area (Å²) < 4.78 is 5.64. The van der Waals surface area contributed by atoms with E-state index in [1.54, 1.807) is 24.3 Å². The van der Waals surface area contributed by atoms with Crippen LogP contribution in [0, 0.1) is 0 Å². The lowest BCUT2D eigenvalue weighted by Gasteiger charge is -2.05. The van der Waals surface area contributed by atoms with Crippen molar-refractivity contribution in [3.8, 4) is 11.5 Å². The van der Waals surface area contributed by atoms with Crippen molar-refractivity contribution in [1.82, 2.24) is 0 Å². The fourth-order valence-electron chi connectivity index (χ4n) is 1.61. The molecule has 0 fully saturated rings. The highest BCUT2D eigenvalue weighted by Crippen LogP contribution is 2.25. The quantitative estimate of drug-likeness (QED) is 0.503. The number of phenolic OH excluding ortho intramolecular Hbond substituents is 2. The topological polar surface area (TPSA) is 83.8 Å². The number of Topliss-reactive ketones (excluding diaryl/α,β-unsaturated/α-hetero) is 1. The Balaban J connectivity index is 2.00. The summed E-state index contributed by atoms with van der Waals surface area (Å²) in [6.07, 6.45) is 0. The normalized spacial score (nSPS) is 10.1. The Morgan fingerprint density at radius 2 is 1.76 bits per heavy atom. The predicted octanol–water partition coefficient (Wildman–Crippen LogP) is 2.90. The Bertz CT molecular complexity index is 696. The fraction of sp³-hybridized carbons (Fsp3) is 0.0667. The Hall–Kier alpha value is -2.34. The first-order valence-electron chi connectivity index (χ1n) is 5.95. The summed E-state index contributed by atoms with van der Waals surface area (Å²) in [4.78, 5) is 23.6. The van der Waals surface area contributed by atoms with Gasteiger partial charge in [-0.25, -0.2) is 4.79 Å². The third kappa shape index (κ3) is 3.82. The number of hydrogen-bond donors (Lipinski definition) is 2.